The van der Waals surface area contributed by atoms with Crippen LogP contribution in [-0.2, 0) is 13.1 Å². The lowest BCUT2D eigenvalue weighted by Crippen LogP contribution is -2.16. The Morgan fingerprint density at radius 1 is 1.21 bits per heavy atom. The molecule has 0 unspecified atom stereocenters. The Bertz CT molecular complexity index is 762. The molecule has 0 aliphatic heterocycles. The molecule has 0 saturated heterocycles. The quantitative estimate of drug-likeness (QED) is 0.788. The van der Waals surface area contributed by atoms with E-state index in [1.807, 2.05) is 6.07 Å². The van der Waals surface area contributed by atoms with E-state index < -0.39 is 0 Å². The number of Topliss-reactive ketones (excluding diaryl/α,β-unsaturated/α-hetero) is 1. The zero-order chi connectivity index (χ0) is 17.5. The largest absolute Gasteiger partial charge is 0.380 e. The first-order valence-electron chi connectivity index (χ1n) is 8.08. The molecular weight excluding hydrogens is 298 g/mol. The average molecular weight is 321 g/mol. The van der Waals surface area contributed by atoms with Crippen LogP contribution in [0.1, 0.15) is 40.9 Å². The minimum atomic E-state index is -0.00728. The Morgan fingerprint density at radius 3 is 2.62 bits per heavy atom. The highest BCUT2D eigenvalue weighted by Gasteiger charge is 2.07. The average Bonchev–Trinajstić information content (AvgIpc) is 2.59. The number of carbonyl (C=O) groups excluding carboxylic acids is 1. The van der Waals surface area contributed by atoms with E-state index in [4.69, 9.17) is 0 Å². The first-order chi connectivity index (χ1) is 11.5. The predicted molar refractivity (Wildman–Crippen MR) is 96.9 cm³/mol. The van der Waals surface area contributed by atoms with E-state index in [1.54, 1.807) is 18.2 Å². The first kappa shape index (κ1) is 17.7. The number of rotatable bonds is 7. The summed E-state index contributed by atoms with van der Waals surface area (Å²) < 4.78 is 0. The second kappa shape index (κ2) is 8.28. The number of carbonyl (C=O) groups is 1. The van der Waals surface area contributed by atoms with Gasteiger partial charge in [-0.2, -0.15) is 5.26 Å². The normalized spacial score (nSPS) is 10.5. The van der Waals surface area contributed by atoms with Gasteiger partial charge in [0.15, 0.2) is 5.78 Å². The van der Waals surface area contributed by atoms with Crippen molar-refractivity contribution in [2.75, 3.05) is 18.9 Å². The van der Waals surface area contributed by atoms with Crippen LogP contribution in [-0.4, -0.2) is 24.3 Å². The third-order valence-electron chi connectivity index (χ3n) is 4.01. The molecule has 0 spiro atoms. The van der Waals surface area contributed by atoms with Crippen molar-refractivity contribution in [3.8, 4) is 6.07 Å². The van der Waals surface area contributed by atoms with Crippen molar-refractivity contribution in [3.63, 3.8) is 0 Å². The molecule has 0 aromatic heterocycles. The van der Waals surface area contributed by atoms with E-state index in [-0.39, 0.29) is 5.78 Å². The summed E-state index contributed by atoms with van der Waals surface area (Å²) in [5, 5.41) is 12.5. The van der Waals surface area contributed by atoms with Crippen molar-refractivity contribution in [1.29, 1.82) is 5.26 Å². The Hall–Kier alpha value is -2.64. The molecule has 4 nitrogen and oxygen atoms in total. The van der Waals surface area contributed by atoms with E-state index >= 15 is 0 Å². The topological polar surface area (TPSA) is 56.1 Å². The van der Waals surface area contributed by atoms with E-state index in [1.165, 1.54) is 12.5 Å². The van der Waals surface area contributed by atoms with Crippen LogP contribution in [0.4, 0.5) is 5.69 Å². The Kier molecular flexibility index (Phi) is 6.11. The van der Waals surface area contributed by atoms with Gasteiger partial charge in [0, 0.05) is 18.7 Å². The van der Waals surface area contributed by atoms with Gasteiger partial charge in [-0.05, 0) is 49.8 Å². The summed E-state index contributed by atoms with van der Waals surface area (Å²) in [5.41, 5.74) is 4.25. The van der Waals surface area contributed by atoms with Crippen molar-refractivity contribution >= 4 is 11.5 Å². The Morgan fingerprint density at radius 2 is 1.96 bits per heavy atom. The Labute approximate surface area is 143 Å². The fourth-order valence-corrected chi connectivity index (χ4v) is 2.47. The van der Waals surface area contributed by atoms with Crippen molar-refractivity contribution < 1.29 is 4.79 Å². The standard InChI is InChI=1S/C20H23N3O/c1-4-23(3)14-17-7-5-6-16(10-17)13-22-20-11-18(15(2)24)8-9-19(20)12-21/h5-11,22H,4,13-14H2,1-3H3. The molecule has 0 atom stereocenters. The second-order valence-electron chi connectivity index (χ2n) is 5.93. The molecule has 2 rings (SSSR count). The summed E-state index contributed by atoms with van der Waals surface area (Å²) in [5.74, 6) is -0.00728. The fraction of sp³-hybridized carbons (Fsp3) is 0.300. The smallest absolute Gasteiger partial charge is 0.159 e. The SMILES string of the molecule is CCN(C)Cc1cccc(CNc2cc(C(C)=O)ccc2C#N)c1. The molecule has 0 saturated carbocycles. The first-order valence-corrected chi connectivity index (χ1v) is 8.08. The number of ketones is 1. The predicted octanol–water partition coefficient (Wildman–Crippen LogP) is 3.82. The highest BCUT2D eigenvalue weighted by atomic mass is 16.1. The molecule has 0 fully saturated rings. The molecule has 24 heavy (non-hydrogen) atoms. The van der Waals surface area contributed by atoms with E-state index in [2.05, 4.69) is 48.5 Å². The molecule has 0 radical (unpaired) electrons. The molecule has 4 heteroatoms. The van der Waals surface area contributed by atoms with Gasteiger partial charge in [-0.3, -0.25) is 4.79 Å². The molecule has 2 aromatic carbocycles. The molecule has 0 heterocycles. The summed E-state index contributed by atoms with van der Waals surface area (Å²) in [6.07, 6.45) is 0. The number of nitrogens with zero attached hydrogens (tertiary/aromatic N) is 2. The van der Waals surface area contributed by atoms with E-state index in [9.17, 15) is 10.1 Å². The van der Waals surface area contributed by atoms with Crippen molar-refractivity contribution in [3.05, 3.63) is 64.7 Å². The molecule has 124 valence electrons. The number of anilines is 1. The van der Waals surface area contributed by atoms with Crippen molar-refractivity contribution in [2.24, 2.45) is 0 Å². The lowest BCUT2D eigenvalue weighted by atomic mass is 10.1. The summed E-state index contributed by atoms with van der Waals surface area (Å²) >= 11 is 0. The second-order valence-corrected chi connectivity index (χ2v) is 5.93. The van der Waals surface area contributed by atoms with Gasteiger partial charge < -0.3 is 10.2 Å². The maximum atomic E-state index is 11.5. The van der Waals surface area contributed by atoms with Gasteiger partial charge in [0.2, 0.25) is 0 Å². The minimum absolute atomic E-state index is 0.00728. The zero-order valence-corrected chi connectivity index (χ0v) is 14.5. The van der Waals surface area contributed by atoms with Crippen LogP contribution in [0, 0.1) is 11.3 Å². The maximum absolute atomic E-state index is 11.5. The van der Waals surface area contributed by atoms with Crippen LogP contribution >= 0.6 is 0 Å². The number of hydrogen-bond acceptors (Lipinski definition) is 4. The molecule has 0 aliphatic rings. The molecule has 0 aliphatic carbocycles. The number of hydrogen-bond donors (Lipinski definition) is 1. The summed E-state index contributed by atoms with van der Waals surface area (Å²) in [7, 11) is 2.09. The van der Waals surface area contributed by atoms with Crippen molar-refractivity contribution in [2.45, 2.75) is 26.9 Å². The van der Waals surface area contributed by atoms with Crippen LogP contribution in [0.3, 0.4) is 0 Å². The fourth-order valence-electron chi connectivity index (χ4n) is 2.47. The van der Waals surface area contributed by atoms with Gasteiger partial charge in [-0.15, -0.1) is 0 Å². The molecule has 0 amide bonds. The Balaban J connectivity index is 2.13. The monoisotopic (exact) mass is 321 g/mol. The molecule has 1 N–H and O–H groups in total. The highest BCUT2D eigenvalue weighted by molar-refractivity contribution is 5.95. The lowest BCUT2D eigenvalue weighted by Gasteiger charge is -2.15. The third kappa shape index (κ3) is 4.68. The third-order valence-corrected chi connectivity index (χ3v) is 4.01. The summed E-state index contributed by atoms with van der Waals surface area (Å²) in [6, 6.07) is 15.7. The van der Waals surface area contributed by atoms with Crippen molar-refractivity contribution in [1.82, 2.24) is 4.90 Å². The number of nitriles is 1. The van der Waals surface area contributed by atoms with Gasteiger partial charge in [0.1, 0.15) is 6.07 Å². The van der Waals surface area contributed by atoms with E-state index in [0.717, 1.165) is 18.7 Å². The van der Waals surface area contributed by atoms with Crippen LogP contribution in [0.15, 0.2) is 42.5 Å². The summed E-state index contributed by atoms with van der Waals surface area (Å²) in [4.78, 5) is 13.8. The van der Waals surface area contributed by atoms with Gasteiger partial charge in [0.05, 0.1) is 11.3 Å². The van der Waals surface area contributed by atoms with Crippen LogP contribution in [0.2, 0.25) is 0 Å². The number of nitrogens with one attached hydrogen (secondary N) is 1. The van der Waals surface area contributed by atoms with Gasteiger partial charge >= 0.3 is 0 Å². The summed E-state index contributed by atoms with van der Waals surface area (Å²) in [6.45, 7) is 6.19. The van der Waals surface area contributed by atoms with Crippen LogP contribution in [0.25, 0.3) is 0 Å². The molecule has 2 aromatic rings. The van der Waals surface area contributed by atoms with Crippen LogP contribution < -0.4 is 5.32 Å². The van der Waals surface area contributed by atoms with Crippen LogP contribution in [0.5, 0.6) is 0 Å². The van der Waals surface area contributed by atoms with Gasteiger partial charge in [0.25, 0.3) is 0 Å². The lowest BCUT2D eigenvalue weighted by molar-refractivity contribution is 0.101. The van der Waals surface area contributed by atoms with Gasteiger partial charge in [-0.25, -0.2) is 0 Å². The zero-order valence-electron chi connectivity index (χ0n) is 14.5. The van der Waals surface area contributed by atoms with Gasteiger partial charge in [-0.1, -0.05) is 31.2 Å². The number of benzene rings is 2. The highest BCUT2D eigenvalue weighted by Crippen LogP contribution is 2.19. The minimum Gasteiger partial charge on any atom is -0.380 e. The van der Waals surface area contributed by atoms with E-state index in [0.29, 0.717) is 23.4 Å². The molecule has 0 bridgehead atoms. The molecular formula is C20H23N3O. The maximum Gasteiger partial charge on any atom is 0.159 e.